The molecule has 0 aliphatic heterocycles. The van der Waals surface area contributed by atoms with Crippen molar-refractivity contribution in [2.45, 2.75) is 19.8 Å². The first kappa shape index (κ1) is 21.8. The smallest absolute Gasteiger partial charge is 0.295 e. The second kappa shape index (κ2) is 10.3. The molecule has 0 aliphatic carbocycles. The zero-order valence-electron chi connectivity index (χ0n) is 17.6. The third-order valence-corrected chi connectivity index (χ3v) is 4.92. The molecular weight excluding hydrogens is 422 g/mol. The molecule has 1 aromatic heterocycles. The van der Waals surface area contributed by atoms with Crippen LogP contribution in [0.25, 0.3) is 5.69 Å². The van der Waals surface area contributed by atoms with Gasteiger partial charge in [0.05, 0.1) is 18.1 Å². The Morgan fingerprint density at radius 1 is 0.970 bits per heavy atom. The Morgan fingerprint density at radius 3 is 2.48 bits per heavy atom. The lowest BCUT2D eigenvalue weighted by Crippen LogP contribution is -2.23. The summed E-state index contributed by atoms with van der Waals surface area (Å²) >= 11 is 0. The predicted molar refractivity (Wildman–Crippen MR) is 121 cm³/mol. The van der Waals surface area contributed by atoms with E-state index in [1.165, 1.54) is 35.5 Å². The summed E-state index contributed by atoms with van der Waals surface area (Å²) in [5.74, 6) is -0.408. The molecule has 0 radical (unpaired) electrons. The monoisotopic (exact) mass is 443 g/mol. The summed E-state index contributed by atoms with van der Waals surface area (Å²) in [7, 11) is 0. The zero-order chi connectivity index (χ0) is 23.0. The number of hydrogen-bond acceptors (Lipinski definition) is 6. The summed E-state index contributed by atoms with van der Waals surface area (Å²) in [6, 6.07) is 21.9. The Labute approximate surface area is 189 Å². The van der Waals surface area contributed by atoms with Crippen molar-refractivity contribution in [3.8, 4) is 5.69 Å². The van der Waals surface area contributed by atoms with E-state index < -0.39 is 10.8 Å². The average molecular weight is 443 g/mol. The number of nitrogens with one attached hydrogen (secondary N) is 1. The number of rotatable bonds is 9. The van der Waals surface area contributed by atoms with Crippen molar-refractivity contribution in [2.75, 3.05) is 0 Å². The summed E-state index contributed by atoms with van der Waals surface area (Å²) in [5.41, 5.74) is 3.18. The zero-order valence-corrected chi connectivity index (χ0v) is 17.6. The van der Waals surface area contributed by atoms with Gasteiger partial charge in [0.2, 0.25) is 0 Å². The maximum Gasteiger partial charge on any atom is 0.295 e. The van der Waals surface area contributed by atoms with E-state index in [1.807, 2.05) is 54.6 Å². The molecule has 0 saturated carbocycles. The number of nitro groups is 1. The van der Waals surface area contributed by atoms with Gasteiger partial charge in [-0.1, -0.05) is 54.6 Å². The van der Waals surface area contributed by atoms with Gasteiger partial charge in [0.15, 0.2) is 0 Å². The molecule has 1 heterocycles. The van der Waals surface area contributed by atoms with E-state index in [4.69, 9.17) is 4.74 Å². The first-order chi connectivity index (χ1) is 16.1. The summed E-state index contributed by atoms with van der Waals surface area (Å²) < 4.78 is 7.05. The highest BCUT2D eigenvalue weighted by atomic mass is 16.6. The van der Waals surface area contributed by atoms with Crippen molar-refractivity contribution in [3.05, 3.63) is 118 Å². The van der Waals surface area contributed by atoms with E-state index in [2.05, 4.69) is 15.4 Å². The lowest BCUT2D eigenvalue weighted by atomic mass is 10.1. The highest BCUT2D eigenvalue weighted by Gasteiger charge is 2.19. The molecule has 0 aliphatic rings. The minimum Gasteiger partial charge on any atom is -0.372 e. The van der Waals surface area contributed by atoms with Crippen LogP contribution in [0, 0.1) is 10.1 Å². The van der Waals surface area contributed by atoms with Crippen molar-refractivity contribution in [3.63, 3.8) is 0 Å². The van der Waals surface area contributed by atoms with Gasteiger partial charge in [0.1, 0.15) is 18.3 Å². The van der Waals surface area contributed by atoms with Crippen LogP contribution in [0.3, 0.4) is 0 Å². The first-order valence-electron chi connectivity index (χ1n) is 10.2. The van der Waals surface area contributed by atoms with Crippen molar-refractivity contribution < 1.29 is 14.5 Å². The Hall–Kier alpha value is -4.37. The standard InChI is InChI=1S/C24H21N5O4/c30-24(21-9-10-22(23(12-21)29(31)32)28-17-25-16-27-28)26-13-19-7-4-8-20(11-19)15-33-14-18-5-2-1-3-6-18/h1-12,16-17H,13-15H2,(H,26,30). The fraction of sp³-hybridized carbons (Fsp3) is 0.125. The van der Waals surface area contributed by atoms with Crippen LogP contribution in [-0.2, 0) is 24.5 Å². The van der Waals surface area contributed by atoms with Gasteiger partial charge in [-0.3, -0.25) is 14.9 Å². The molecule has 3 aromatic carbocycles. The lowest BCUT2D eigenvalue weighted by Gasteiger charge is -2.09. The Balaban J connectivity index is 1.37. The Kier molecular flexibility index (Phi) is 6.81. The maximum atomic E-state index is 12.6. The minimum atomic E-state index is -0.549. The molecule has 4 aromatic rings. The van der Waals surface area contributed by atoms with Gasteiger partial charge < -0.3 is 10.1 Å². The quantitative estimate of drug-likeness (QED) is 0.311. The van der Waals surface area contributed by atoms with Crippen molar-refractivity contribution in [1.29, 1.82) is 0 Å². The molecule has 0 fully saturated rings. The number of benzene rings is 3. The minimum absolute atomic E-state index is 0.188. The number of aromatic nitrogens is 3. The molecule has 0 bridgehead atoms. The van der Waals surface area contributed by atoms with Gasteiger partial charge in [0, 0.05) is 18.2 Å². The van der Waals surface area contributed by atoms with Crippen LogP contribution in [0.15, 0.2) is 85.5 Å². The average Bonchev–Trinajstić information content (AvgIpc) is 3.38. The predicted octanol–water partition coefficient (Wildman–Crippen LogP) is 3.82. The van der Waals surface area contributed by atoms with E-state index in [-0.39, 0.29) is 23.5 Å². The molecule has 0 spiro atoms. The van der Waals surface area contributed by atoms with E-state index in [9.17, 15) is 14.9 Å². The summed E-state index contributed by atoms with van der Waals surface area (Å²) in [5, 5.41) is 18.2. The van der Waals surface area contributed by atoms with Gasteiger partial charge in [-0.05, 0) is 28.8 Å². The molecule has 166 valence electrons. The molecule has 9 nitrogen and oxygen atoms in total. The summed E-state index contributed by atoms with van der Waals surface area (Å²) in [6.07, 6.45) is 2.64. The SMILES string of the molecule is O=C(NCc1cccc(COCc2ccccc2)c1)c1ccc(-n2cncn2)c([N+](=O)[O-])c1. The van der Waals surface area contributed by atoms with E-state index in [0.717, 1.165) is 16.7 Å². The van der Waals surface area contributed by atoms with Crippen LogP contribution in [0.2, 0.25) is 0 Å². The summed E-state index contributed by atoms with van der Waals surface area (Å²) in [6.45, 7) is 1.25. The highest BCUT2D eigenvalue weighted by molar-refractivity contribution is 5.95. The molecule has 4 rings (SSSR count). The van der Waals surface area contributed by atoms with Crippen LogP contribution in [0.4, 0.5) is 5.69 Å². The molecular formula is C24H21N5O4. The third-order valence-electron chi connectivity index (χ3n) is 4.92. The van der Waals surface area contributed by atoms with Crippen molar-refractivity contribution >= 4 is 11.6 Å². The number of ether oxygens (including phenoxy) is 1. The number of hydrogen-bond donors (Lipinski definition) is 1. The van der Waals surface area contributed by atoms with E-state index >= 15 is 0 Å². The number of nitrogens with zero attached hydrogens (tertiary/aromatic N) is 4. The molecule has 1 amide bonds. The van der Waals surface area contributed by atoms with Crippen molar-refractivity contribution in [2.24, 2.45) is 0 Å². The summed E-state index contributed by atoms with van der Waals surface area (Å²) in [4.78, 5) is 27.3. The third kappa shape index (κ3) is 5.66. The van der Waals surface area contributed by atoms with Crippen LogP contribution < -0.4 is 5.32 Å². The van der Waals surface area contributed by atoms with Crippen molar-refractivity contribution in [1.82, 2.24) is 20.1 Å². The Bertz CT molecular complexity index is 1240. The molecule has 0 unspecified atom stereocenters. The Morgan fingerprint density at radius 2 is 1.73 bits per heavy atom. The van der Waals surface area contributed by atoms with Gasteiger partial charge in [-0.2, -0.15) is 5.10 Å². The van der Waals surface area contributed by atoms with Gasteiger partial charge >= 0.3 is 0 Å². The van der Waals surface area contributed by atoms with E-state index in [1.54, 1.807) is 0 Å². The van der Waals surface area contributed by atoms with Crippen LogP contribution in [0.1, 0.15) is 27.0 Å². The van der Waals surface area contributed by atoms with Gasteiger partial charge in [0.25, 0.3) is 11.6 Å². The first-order valence-corrected chi connectivity index (χ1v) is 10.2. The molecule has 9 heteroatoms. The van der Waals surface area contributed by atoms with Crippen LogP contribution >= 0.6 is 0 Å². The van der Waals surface area contributed by atoms with Gasteiger partial charge in [-0.25, -0.2) is 9.67 Å². The molecule has 0 saturated heterocycles. The molecule has 0 atom stereocenters. The lowest BCUT2D eigenvalue weighted by molar-refractivity contribution is -0.384. The number of amides is 1. The topological polar surface area (TPSA) is 112 Å². The van der Waals surface area contributed by atoms with E-state index in [0.29, 0.717) is 13.2 Å². The molecule has 1 N–H and O–H groups in total. The highest BCUT2D eigenvalue weighted by Crippen LogP contribution is 2.23. The second-order valence-corrected chi connectivity index (χ2v) is 7.28. The van der Waals surface area contributed by atoms with Crippen LogP contribution in [0.5, 0.6) is 0 Å². The number of carbonyl (C=O) groups excluding carboxylic acids is 1. The maximum absolute atomic E-state index is 12.6. The van der Waals surface area contributed by atoms with Gasteiger partial charge in [-0.15, -0.1) is 0 Å². The largest absolute Gasteiger partial charge is 0.372 e. The molecule has 33 heavy (non-hydrogen) atoms. The number of nitro benzene ring substituents is 1. The fourth-order valence-electron chi connectivity index (χ4n) is 3.31. The van der Waals surface area contributed by atoms with Crippen LogP contribution in [-0.4, -0.2) is 25.6 Å². The fourth-order valence-corrected chi connectivity index (χ4v) is 3.31. The normalized spacial score (nSPS) is 10.7. The number of carbonyl (C=O) groups is 1. The second-order valence-electron chi connectivity index (χ2n) is 7.28.